The van der Waals surface area contributed by atoms with Crippen molar-refractivity contribution in [1.29, 1.82) is 0 Å². The Balaban J connectivity index is 1.66. The average Bonchev–Trinajstić information content (AvgIpc) is 2.68. The molecule has 0 atom stereocenters. The highest BCUT2D eigenvalue weighted by Gasteiger charge is 2.14. The van der Waals surface area contributed by atoms with Gasteiger partial charge in [-0.05, 0) is 42.2 Å². The van der Waals surface area contributed by atoms with E-state index in [9.17, 15) is 9.59 Å². The van der Waals surface area contributed by atoms with Crippen LogP contribution in [0, 0.1) is 0 Å². The number of anilines is 3. The molecule has 2 aromatic carbocycles. The molecule has 3 rings (SSSR count). The molecule has 0 fully saturated rings. The van der Waals surface area contributed by atoms with Gasteiger partial charge in [-0.2, -0.15) is 0 Å². The molecule has 0 saturated carbocycles. The number of aromatic nitrogens is 2. The van der Waals surface area contributed by atoms with Crippen molar-refractivity contribution in [1.82, 2.24) is 9.97 Å². The summed E-state index contributed by atoms with van der Waals surface area (Å²) >= 11 is 0. The Morgan fingerprint density at radius 3 is 2.21 bits per heavy atom. The molecular formula is C23H24N4O2. The SMILES string of the molecule is CC(=O)c1cccc(Nc2cnc(C(=O)Nc3ccc(C(C)(C)C)cc3)cn2)c1. The zero-order valence-electron chi connectivity index (χ0n) is 17.0. The van der Waals surface area contributed by atoms with Crippen LogP contribution in [0.2, 0.25) is 0 Å². The number of Topliss-reactive ketones (excluding diaryl/α,β-unsaturated/α-hetero) is 1. The van der Waals surface area contributed by atoms with E-state index >= 15 is 0 Å². The first-order valence-electron chi connectivity index (χ1n) is 9.34. The lowest BCUT2D eigenvalue weighted by Gasteiger charge is -2.19. The maximum atomic E-state index is 12.4. The molecule has 6 nitrogen and oxygen atoms in total. The maximum absolute atomic E-state index is 12.4. The van der Waals surface area contributed by atoms with E-state index in [-0.39, 0.29) is 22.8 Å². The van der Waals surface area contributed by atoms with Gasteiger partial charge in [-0.1, -0.05) is 45.0 Å². The topological polar surface area (TPSA) is 84.0 Å². The standard InChI is InChI=1S/C23H24N4O2/c1-15(28)16-6-5-7-19(12-16)26-21-14-24-20(13-25-21)22(29)27-18-10-8-17(9-11-18)23(2,3)4/h5-14H,1-4H3,(H,25,26)(H,27,29). The van der Waals surface area contributed by atoms with Crippen molar-refractivity contribution in [2.24, 2.45) is 0 Å². The molecule has 0 bridgehead atoms. The maximum Gasteiger partial charge on any atom is 0.275 e. The summed E-state index contributed by atoms with van der Waals surface area (Å²) < 4.78 is 0. The van der Waals surface area contributed by atoms with Crippen LogP contribution in [-0.4, -0.2) is 21.7 Å². The number of hydrogen-bond acceptors (Lipinski definition) is 5. The Bertz CT molecular complexity index is 1020. The Labute approximate surface area is 170 Å². The van der Waals surface area contributed by atoms with Crippen molar-refractivity contribution in [3.63, 3.8) is 0 Å². The van der Waals surface area contributed by atoms with Crippen molar-refractivity contribution < 1.29 is 9.59 Å². The van der Waals surface area contributed by atoms with Gasteiger partial charge in [-0.15, -0.1) is 0 Å². The molecule has 0 aliphatic heterocycles. The molecule has 2 N–H and O–H groups in total. The van der Waals surface area contributed by atoms with Gasteiger partial charge in [0.2, 0.25) is 0 Å². The first kappa shape index (κ1) is 20.2. The van der Waals surface area contributed by atoms with Crippen molar-refractivity contribution in [2.75, 3.05) is 10.6 Å². The predicted molar refractivity (Wildman–Crippen MR) is 115 cm³/mol. The smallest absolute Gasteiger partial charge is 0.275 e. The number of carbonyl (C=O) groups is 2. The number of ketones is 1. The van der Waals surface area contributed by atoms with E-state index < -0.39 is 0 Å². The third kappa shape index (κ3) is 5.25. The first-order valence-corrected chi connectivity index (χ1v) is 9.34. The Morgan fingerprint density at radius 1 is 0.897 bits per heavy atom. The van der Waals surface area contributed by atoms with Gasteiger partial charge >= 0.3 is 0 Å². The summed E-state index contributed by atoms with van der Waals surface area (Å²) in [4.78, 5) is 32.3. The molecule has 0 aliphatic carbocycles. The zero-order valence-corrected chi connectivity index (χ0v) is 17.0. The summed E-state index contributed by atoms with van der Waals surface area (Å²) in [6.07, 6.45) is 2.90. The highest BCUT2D eigenvalue weighted by molar-refractivity contribution is 6.02. The minimum absolute atomic E-state index is 0.0118. The zero-order chi connectivity index (χ0) is 21.0. The first-order chi connectivity index (χ1) is 13.7. The molecule has 0 radical (unpaired) electrons. The van der Waals surface area contributed by atoms with Gasteiger partial charge < -0.3 is 10.6 Å². The summed E-state index contributed by atoms with van der Waals surface area (Å²) in [5.74, 6) is 0.144. The van der Waals surface area contributed by atoms with Gasteiger partial charge in [0.25, 0.3) is 5.91 Å². The highest BCUT2D eigenvalue weighted by Crippen LogP contribution is 2.23. The van der Waals surface area contributed by atoms with Crippen LogP contribution in [0.15, 0.2) is 60.9 Å². The van der Waals surface area contributed by atoms with Gasteiger partial charge in [0.1, 0.15) is 11.5 Å². The van der Waals surface area contributed by atoms with Gasteiger partial charge in [0.15, 0.2) is 5.78 Å². The lowest BCUT2D eigenvalue weighted by atomic mass is 9.87. The second-order valence-electron chi connectivity index (χ2n) is 7.83. The summed E-state index contributed by atoms with van der Waals surface area (Å²) in [6, 6.07) is 14.9. The number of benzene rings is 2. The lowest BCUT2D eigenvalue weighted by molar-refractivity contribution is 0.101. The van der Waals surface area contributed by atoms with Crippen LogP contribution < -0.4 is 10.6 Å². The van der Waals surface area contributed by atoms with Crippen molar-refractivity contribution >= 4 is 28.9 Å². The van der Waals surface area contributed by atoms with Crippen LogP contribution >= 0.6 is 0 Å². The molecule has 0 unspecified atom stereocenters. The summed E-state index contributed by atoms with van der Waals surface area (Å²) in [7, 11) is 0. The minimum atomic E-state index is -0.328. The van der Waals surface area contributed by atoms with Crippen molar-refractivity contribution in [2.45, 2.75) is 33.1 Å². The van der Waals surface area contributed by atoms with Gasteiger partial charge in [0, 0.05) is 16.9 Å². The van der Waals surface area contributed by atoms with Crippen molar-refractivity contribution in [3.8, 4) is 0 Å². The molecule has 1 aromatic heterocycles. The second kappa shape index (κ2) is 8.22. The lowest BCUT2D eigenvalue weighted by Crippen LogP contribution is -2.15. The fraction of sp³-hybridized carbons (Fsp3) is 0.217. The molecule has 0 aliphatic rings. The number of nitrogens with zero attached hydrogens (tertiary/aromatic N) is 2. The van der Waals surface area contributed by atoms with Gasteiger partial charge in [0.05, 0.1) is 12.4 Å². The molecule has 148 valence electrons. The molecule has 0 saturated heterocycles. The summed E-state index contributed by atoms with van der Waals surface area (Å²) in [5, 5.41) is 5.90. The Hall–Kier alpha value is -3.54. The van der Waals surface area contributed by atoms with E-state index in [0.717, 1.165) is 5.69 Å². The molecule has 3 aromatic rings. The number of nitrogens with one attached hydrogen (secondary N) is 2. The number of hydrogen-bond donors (Lipinski definition) is 2. The molecule has 1 amide bonds. The van der Waals surface area contributed by atoms with Crippen LogP contribution in [0.5, 0.6) is 0 Å². The third-order valence-electron chi connectivity index (χ3n) is 4.43. The van der Waals surface area contributed by atoms with Crippen molar-refractivity contribution in [3.05, 3.63) is 77.7 Å². The van der Waals surface area contributed by atoms with E-state index in [4.69, 9.17) is 0 Å². The van der Waals surface area contributed by atoms with Crippen LogP contribution in [0.4, 0.5) is 17.2 Å². The molecule has 1 heterocycles. The molecule has 6 heteroatoms. The fourth-order valence-electron chi connectivity index (χ4n) is 2.72. The number of carbonyl (C=O) groups excluding carboxylic acids is 2. The normalized spacial score (nSPS) is 11.0. The Kier molecular flexibility index (Phi) is 5.73. The van der Waals surface area contributed by atoms with E-state index in [2.05, 4.69) is 41.4 Å². The molecular weight excluding hydrogens is 364 g/mol. The van der Waals surface area contributed by atoms with Crippen LogP contribution in [0.1, 0.15) is 54.1 Å². The second-order valence-corrected chi connectivity index (χ2v) is 7.83. The minimum Gasteiger partial charge on any atom is -0.339 e. The van der Waals surface area contributed by atoms with Gasteiger partial charge in [-0.25, -0.2) is 9.97 Å². The van der Waals surface area contributed by atoms with E-state index in [1.165, 1.54) is 24.9 Å². The molecule has 0 spiro atoms. The van der Waals surface area contributed by atoms with E-state index in [0.29, 0.717) is 17.1 Å². The third-order valence-corrected chi connectivity index (χ3v) is 4.43. The number of rotatable bonds is 5. The van der Waals surface area contributed by atoms with Crippen LogP contribution in [-0.2, 0) is 5.41 Å². The van der Waals surface area contributed by atoms with Crippen LogP contribution in [0.3, 0.4) is 0 Å². The Morgan fingerprint density at radius 2 is 1.62 bits per heavy atom. The molecule has 29 heavy (non-hydrogen) atoms. The quantitative estimate of drug-likeness (QED) is 0.603. The fourth-order valence-corrected chi connectivity index (χ4v) is 2.72. The highest BCUT2D eigenvalue weighted by atomic mass is 16.2. The monoisotopic (exact) mass is 388 g/mol. The summed E-state index contributed by atoms with van der Waals surface area (Å²) in [5.41, 5.74) is 3.50. The van der Waals surface area contributed by atoms with E-state index in [1.54, 1.807) is 18.2 Å². The van der Waals surface area contributed by atoms with E-state index in [1.807, 2.05) is 30.3 Å². The van der Waals surface area contributed by atoms with Gasteiger partial charge in [-0.3, -0.25) is 9.59 Å². The summed E-state index contributed by atoms with van der Waals surface area (Å²) in [6.45, 7) is 7.94. The van der Waals surface area contributed by atoms with Crippen LogP contribution in [0.25, 0.3) is 0 Å². The largest absolute Gasteiger partial charge is 0.339 e. The predicted octanol–water partition coefficient (Wildman–Crippen LogP) is 4.97. The average molecular weight is 388 g/mol. The number of amides is 1.